The van der Waals surface area contributed by atoms with Crippen LogP contribution in [0.25, 0.3) is 0 Å². The summed E-state index contributed by atoms with van der Waals surface area (Å²) in [6.07, 6.45) is 0. The average molecular weight is 399 g/mol. The molecule has 1 heterocycles. The number of ether oxygens (including phenoxy) is 4. The summed E-state index contributed by atoms with van der Waals surface area (Å²) >= 11 is 0. The highest BCUT2D eigenvalue weighted by atomic mass is 16.7. The summed E-state index contributed by atoms with van der Waals surface area (Å²) in [4.78, 5) is 28.6. The first-order chi connectivity index (χ1) is 14.0. The van der Waals surface area contributed by atoms with Crippen LogP contribution in [0.5, 0.6) is 17.2 Å². The van der Waals surface area contributed by atoms with E-state index in [0.29, 0.717) is 34.1 Å². The number of oxime groups is 1. The van der Waals surface area contributed by atoms with Crippen molar-refractivity contribution in [2.75, 3.05) is 20.5 Å². The molecule has 0 saturated carbocycles. The summed E-state index contributed by atoms with van der Waals surface area (Å²) < 4.78 is 21.0. The SMILES string of the molecule is COc1ccc(C(C)=O)cc1COC(=O)CO/N=C(\C)c1ccc2c(c1)OCO2. The lowest BCUT2D eigenvalue weighted by molar-refractivity contribution is -0.150. The summed E-state index contributed by atoms with van der Waals surface area (Å²) in [6, 6.07) is 10.4. The van der Waals surface area contributed by atoms with E-state index in [1.165, 1.54) is 14.0 Å². The smallest absolute Gasteiger partial charge is 0.347 e. The van der Waals surface area contributed by atoms with E-state index in [4.69, 9.17) is 23.8 Å². The highest BCUT2D eigenvalue weighted by Gasteiger charge is 2.14. The number of esters is 1. The maximum atomic E-state index is 11.9. The standard InChI is InChI=1S/C21H21NO7/c1-13(15-4-7-19-20(9-15)28-12-27-19)22-29-11-21(24)26-10-17-8-16(14(2)23)5-6-18(17)25-3/h4-9H,10-12H2,1-3H3/b22-13+. The fourth-order valence-corrected chi connectivity index (χ4v) is 2.67. The van der Waals surface area contributed by atoms with Crippen molar-refractivity contribution in [3.05, 3.63) is 53.1 Å². The molecule has 8 heteroatoms. The van der Waals surface area contributed by atoms with Crippen LogP contribution in [0.1, 0.15) is 35.3 Å². The number of methoxy groups -OCH3 is 1. The molecule has 1 aliphatic heterocycles. The van der Waals surface area contributed by atoms with Crippen molar-refractivity contribution >= 4 is 17.5 Å². The van der Waals surface area contributed by atoms with Gasteiger partial charge in [0.15, 0.2) is 17.3 Å². The van der Waals surface area contributed by atoms with Crippen LogP contribution >= 0.6 is 0 Å². The van der Waals surface area contributed by atoms with Crippen molar-refractivity contribution in [3.63, 3.8) is 0 Å². The Hall–Kier alpha value is -3.55. The summed E-state index contributed by atoms with van der Waals surface area (Å²) in [5.74, 6) is 1.16. The lowest BCUT2D eigenvalue weighted by atomic mass is 10.1. The van der Waals surface area contributed by atoms with E-state index < -0.39 is 5.97 Å². The lowest BCUT2D eigenvalue weighted by Crippen LogP contribution is -2.12. The largest absolute Gasteiger partial charge is 0.496 e. The minimum Gasteiger partial charge on any atom is -0.496 e. The van der Waals surface area contributed by atoms with Gasteiger partial charge in [0.05, 0.1) is 12.8 Å². The van der Waals surface area contributed by atoms with Crippen molar-refractivity contribution < 1.29 is 33.4 Å². The number of carbonyl (C=O) groups is 2. The Bertz CT molecular complexity index is 952. The summed E-state index contributed by atoms with van der Waals surface area (Å²) in [5.41, 5.74) is 2.46. The van der Waals surface area contributed by atoms with Crippen molar-refractivity contribution in [3.8, 4) is 17.2 Å². The van der Waals surface area contributed by atoms with E-state index in [-0.39, 0.29) is 25.8 Å². The number of fused-ring (bicyclic) bond motifs is 1. The number of hydrogen-bond donors (Lipinski definition) is 0. The molecule has 0 atom stereocenters. The molecular weight excluding hydrogens is 378 g/mol. The van der Waals surface area contributed by atoms with Gasteiger partial charge in [-0.1, -0.05) is 5.16 Å². The number of carbonyl (C=O) groups excluding carboxylic acids is 2. The Morgan fingerprint density at radius 1 is 1.03 bits per heavy atom. The zero-order valence-electron chi connectivity index (χ0n) is 16.4. The van der Waals surface area contributed by atoms with Gasteiger partial charge in [0.1, 0.15) is 12.4 Å². The highest BCUT2D eigenvalue weighted by molar-refractivity contribution is 5.99. The highest BCUT2D eigenvalue weighted by Crippen LogP contribution is 2.32. The van der Waals surface area contributed by atoms with Crippen LogP contribution in [0.4, 0.5) is 0 Å². The lowest BCUT2D eigenvalue weighted by Gasteiger charge is -2.10. The van der Waals surface area contributed by atoms with E-state index in [2.05, 4.69) is 5.16 Å². The molecule has 2 aromatic rings. The van der Waals surface area contributed by atoms with Gasteiger partial charge in [0, 0.05) is 16.7 Å². The molecule has 0 aromatic heterocycles. The number of nitrogens with zero attached hydrogens (tertiary/aromatic N) is 1. The predicted molar refractivity (Wildman–Crippen MR) is 104 cm³/mol. The molecule has 3 rings (SSSR count). The topological polar surface area (TPSA) is 92.7 Å². The van der Waals surface area contributed by atoms with Crippen LogP contribution in [0.15, 0.2) is 41.6 Å². The van der Waals surface area contributed by atoms with Gasteiger partial charge in [-0.15, -0.1) is 0 Å². The molecule has 152 valence electrons. The van der Waals surface area contributed by atoms with Gasteiger partial charge in [0.2, 0.25) is 13.4 Å². The molecule has 0 radical (unpaired) electrons. The van der Waals surface area contributed by atoms with Gasteiger partial charge >= 0.3 is 5.97 Å². The summed E-state index contributed by atoms with van der Waals surface area (Å²) in [5, 5.41) is 3.94. The zero-order chi connectivity index (χ0) is 20.8. The van der Waals surface area contributed by atoms with Crippen molar-refractivity contribution in [1.29, 1.82) is 0 Å². The first-order valence-corrected chi connectivity index (χ1v) is 8.88. The van der Waals surface area contributed by atoms with Gasteiger partial charge < -0.3 is 23.8 Å². The first-order valence-electron chi connectivity index (χ1n) is 8.88. The maximum Gasteiger partial charge on any atom is 0.347 e. The monoisotopic (exact) mass is 399 g/mol. The van der Waals surface area contributed by atoms with Crippen LogP contribution in [0.2, 0.25) is 0 Å². The van der Waals surface area contributed by atoms with Crippen LogP contribution in [-0.4, -0.2) is 38.0 Å². The minimum absolute atomic E-state index is 0.0443. The number of benzene rings is 2. The molecule has 29 heavy (non-hydrogen) atoms. The number of rotatable bonds is 8. The van der Waals surface area contributed by atoms with Crippen molar-refractivity contribution in [1.82, 2.24) is 0 Å². The Morgan fingerprint density at radius 3 is 2.55 bits per heavy atom. The fraction of sp³-hybridized carbons (Fsp3) is 0.286. The number of Topliss-reactive ketones (excluding diaryl/α,β-unsaturated/α-hetero) is 1. The van der Waals surface area contributed by atoms with Gasteiger partial charge in [-0.2, -0.15) is 0 Å². The second-order valence-electron chi connectivity index (χ2n) is 6.26. The third-order valence-corrected chi connectivity index (χ3v) is 4.25. The Kier molecular flexibility index (Phi) is 6.33. The van der Waals surface area contributed by atoms with E-state index in [1.54, 1.807) is 37.3 Å². The van der Waals surface area contributed by atoms with Gasteiger partial charge in [-0.05, 0) is 50.2 Å². The third-order valence-electron chi connectivity index (χ3n) is 4.25. The zero-order valence-corrected chi connectivity index (χ0v) is 16.4. The molecule has 0 spiro atoms. The van der Waals surface area contributed by atoms with Gasteiger partial charge in [-0.25, -0.2) is 4.79 Å². The van der Waals surface area contributed by atoms with E-state index in [9.17, 15) is 9.59 Å². The van der Waals surface area contributed by atoms with Crippen LogP contribution in [-0.2, 0) is 21.0 Å². The summed E-state index contributed by atoms with van der Waals surface area (Å²) in [6.45, 7) is 3.01. The number of ketones is 1. The molecule has 2 aromatic carbocycles. The molecule has 0 aliphatic carbocycles. The first kappa shape index (κ1) is 20.2. The molecule has 0 amide bonds. The normalized spacial score (nSPS) is 12.4. The van der Waals surface area contributed by atoms with Crippen LogP contribution in [0, 0.1) is 0 Å². The van der Waals surface area contributed by atoms with Crippen LogP contribution < -0.4 is 14.2 Å². The molecular formula is C21H21NO7. The molecule has 0 N–H and O–H groups in total. The van der Waals surface area contributed by atoms with Gasteiger partial charge in [0.25, 0.3) is 0 Å². The van der Waals surface area contributed by atoms with Crippen molar-refractivity contribution in [2.45, 2.75) is 20.5 Å². The van der Waals surface area contributed by atoms with E-state index in [1.807, 2.05) is 6.07 Å². The minimum atomic E-state index is -0.595. The van der Waals surface area contributed by atoms with Crippen LogP contribution in [0.3, 0.4) is 0 Å². The molecule has 8 nitrogen and oxygen atoms in total. The van der Waals surface area contributed by atoms with Crippen molar-refractivity contribution in [2.24, 2.45) is 5.16 Å². The average Bonchev–Trinajstić information content (AvgIpc) is 3.19. The van der Waals surface area contributed by atoms with Gasteiger partial charge in [-0.3, -0.25) is 4.79 Å². The summed E-state index contributed by atoms with van der Waals surface area (Å²) in [7, 11) is 1.50. The second kappa shape index (κ2) is 9.09. The molecule has 0 bridgehead atoms. The Balaban J connectivity index is 1.53. The molecule has 0 saturated heterocycles. The number of hydrogen-bond acceptors (Lipinski definition) is 8. The molecule has 0 fully saturated rings. The molecule has 0 unspecified atom stereocenters. The quantitative estimate of drug-likeness (QED) is 0.291. The Morgan fingerprint density at radius 2 is 1.79 bits per heavy atom. The van der Waals surface area contributed by atoms with E-state index in [0.717, 1.165) is 5.56 Å². The Labute approximate surface area is 168 Å². The third kappa shape index (κ3) is 5.04. The molecule has 1 aliphatic rings. The fourth-order valence-electron chi connectivity index (χ4n) is 2.67. The maximum absolute atomic E-state index is 11.9. The van der Waals surface area contributed by atoms with E-state index >= 15 is 0 Å². The predicted octanol–water partition coefficient (Wildman–Crippen LogP) is 3.11. The second-order valence-corrected chi connectivity index (χ2v) is 6.26.